The van der Waals surface area contributed by atoms with Crippen LogP contribution in [0.25, 0.3) is 5.00 Å². The number of aryl methyl sites for hydroxylation is 2. The van der Waals surface area contributed by atoms with E-state index >= 15 is 0 Å². The summed E-state index contributed by atoms with van der Waals surface area (Å²) >= 11 is 1.87. The third-order valence-corrected chi connectivity index (χ3v) is 6.53. The minimum atomic E-state index is -0.161. The van der Waals surface area contributed by atoms with Crippen molar-refractivity contribution in [3.8, 4) is 5.00 Å². The summed E-state index contributed by atoms with van der Waals surface area (Å²) in [4.78, 5) is 14.1. The molecule has 140 valence electrons. The van der Waals surface area contributed by atoms with Gasteiger partial charge in [-0.15, -0.1) is 11.3 Å². The normalized spacial score (nSPS) is 14.4. The number of anilines is 1. The molecule has 0 bridgehead atoms. The molecule has 5 heteroatoms. The van der Waals surface area contributed by atoms with Crippen molar-refractivity contribution in [1.29, 1.82) is 0 Å². The summed E-state index contributed by atoms with van der Waals surface area (Å²) in [5, 5.41) is 7.37. The standard InChI is InChI=1S/C22H25N3OS/c1-15-9-3-5-11-18(15)24-22(26)23-16(2)20-17-10-4-6-12-19(17)27-21(20)25-13-7-8-14-25/h3,5,7-9,11,13-14,16H,4,6,10,12H2,1-2H3,(H2,23,24,26). The van der Waals surface area contributed by atoms with Crippen LogP contribution in [0.5, 0.6) is 0 Å². The van der Waals surface area contributed by atoms with Crippen LogP contribution in [-0.2, 0) is 12.8 Å². The van der Waals surface area contributed by atoms with Gasteiger partial charge >= 0.3 is 6.03 Å². The molecule has 2 heterocycles. The summed E-state index contributed by atoms with van der Waals surface area (Å²) in [6, 6.07) is 11.7. The van der Waals surface area contributed by atoms with E-state index in [0.717, 1.165) is 24.1 Å². The fraction of sp³-hybridized carbons (Fsp3) is 0.318. The summed E-state index contributed by atoms with van der Waals surface area (Å²) in [5.74, 6) is 0. The second-order valence-corrected chi connectivity index (χ2v) is 8.24. The van der Waals surface area contributed by atoms with Gasteiger partial charge in [0, 0.05) is 28.5 Å². The van der Waals surface area contributed by atoms with Crippen LogP contribution in [0, 0.1) is 6.92 Å². The Hall–Kier alpha value is -2.53. The van der Waals surface area contributed by atoms with Gasteiger partial charge < -0.3 is 15.2 Å². The number of para-hydroxylation sites is 1. The Morgan fingerprint density at radius 3 is 2.63 bits per heavy atom. The van der Waals surface area contributed by atoms with Gasteiger partial charge in [-0.1, -0.05) is 18.2 Å². The molecule has 0 fully saturated rings. The third-order valence-electron chi connectivity index (χ3n) is 5.21. The van der Waals surface area contributed by atoms with Gasteiger partial charge in [-0.25, -0.2) is 4.79 Å². The molecular formula is C22H25N3OS. The maximum Gasteiger partial charge on any atom is 0.319 e. The lowest BCUT2D eigenvalue weighted by atomic mass is 9.93. The molecular weight excluding hydrogens is 354 g/mol. The van der Waals surface area contributed by atoms with Crippen LogP contribution in [0.3, 0.4) is 0 Å². The van der Waals surface area contributed by atoms with Gasteiger partial charge in [-0.3, -0.25) is 0 Å². The molecule has 0 aliphatic heterocycles. The molecule has 0 spiro atoms. The molecule has 27 heavy (non-hydrogen) atoms. The van der Waals surface area contributed by atoms with Gasteiger partial charge in [0.15, 0.2) is 0 Å². The van der Waals surface area contributed by atoms with Gasteiger partial charge in [-0.2, -0.15) is 0 Å². The maximum absolute atomic E-state index is 12.6. The zero-order valence-electron chi connectivity index (χ0n) is 15.8. The van der Waals surface area contributed by atoms with E-state index in [0.29, 0.717) is 0 Å². The van der Waals surface area contributed by atoms with Crippen molar-refractivity contribution in [3.63, 3.8) is 0 Å². The molecule has 1 aromatic carbocycles. The second-order valence-electron chi connectivity index (χ2n) is 7.16. The van der Waals surface area contributed by atoms with Gasteiger partial charge in [0.05, 0.1) is 6.04 Å². The molecule has 2 aromatic heterocycles. The highest BCUT2D eigenvalue weighted by atomic mass is 32.1. The number of fused-ring (bicyclic) bond motifs is 1. The van der Waals surface area contributed by atoms with Crippen LogP contribution in [-0.4, -0.2) is 10.6 Å². The monoisotopic (exact) mass is 379 g/mol. The molecule has 1 aliphatic carbocycles. The lowest BCUT2D eigenvalue weighted by Gasteiger charge is -2.20. The van der Waals surface area contributed by atoms with Crippen molar-refractivity contribution >= 4 is 23.1 Å². The Bertz CT molecular complexity index is 943. The van der Waals surface area contributed by atoms with Crippen molar-refractivity contribution in [2.75, 3.05) is 5.32 Å². The van der Waals surface area contributed by atoms with Crippen molar-refractivity contribution < 1.29 is 4.79 Å². The van der Waals surface area contributed by atoms with E-state index in [-0.39, 0.29) is 12.1 Å². The van der Waals surface area contributed by atoms with Crippen LogP contribution < -0.4 is 10.6 Å². The number of carbonyl (C=O) groups is 1. The molecule has 1 aliphatic rings. The molecule has 2 N–H and O–H groups in total. The molecule has 0 saturated heterocycles. The Morgan fingerprint density at radius 2 is 1.85 bits per heavy atom. The lowest BCUT2D eigenvalue weighted by Crippen LogP contribution is -2.32. The number of amides is 2. The largest absolute Gasteiger partial charge is 0.331 e. The van der Waals surface area contributed by atoms with E-state index in [9.17, 15) is 4.79 Å². The Labute approximate surface area is 164 Å². The lowest BCUT2D eigenvalue weighted by molar-refractivity contribution is 0.249. The molecule has 1 unspecified atom stereocenters. The molecule has 0 radical (unpaired) electrons. The number of hydrogen-bond acceptors (Lipinski definition) is 2. The van der Waals surface area contributed by atoms with Crippen LogP contribution in [0.4, 0.5) is 10.5 Å². The summed E-state index contributed by atoms with van der Waals surface area (Å²) in [5.41, 5.74) is 4.62. The predicted octanol–water partition coefficient (Wildman–Crippen LogP) is 5.61. The summed E-state index contributed by atoms with van der Waals surface area (Å²) in [7, 11) is 0. The number of nitrogens with one attached hydrogen (secondary N) is 2. The van der Waals surface area contributed by atoms with Crippen molar-refractivity contribution in [2.45, 2.75) is 45.6 Å². The number of thiophene rings is 1. The van der Waals surface area contributed by atoms with E-state index in [2.05, 4.69) is 34.5 Å². The topological polar surface area (TPSA) is 46.1 Å². The predicted molar refractivity (Wildman–Crippen MR) is 112 cm³/mol. The summed E-state index contributed by atoms with van der Waals surface area (Å²) in [6.45, 7) is 4.08. The highest BCUT2D eigenvalue weighted by molar-refractivity contribution is 7.15. The van der Waals surface area contributed by atoms with Gasteiger partial charge in [0.2, 0.25) is 0 Å². The first-order chi connectivity index (χ1) is 13.1. The molecule has 3 aromatic rings. The van der Waals surface area contributed by atoms with Crippen molar-refractivity contribution in [2.24, 2.45) is 0 Å². The fourth-order valence-corrected chi connectivity index (χ4v) is 5.28. The van der Waals surface area contributed by atoms with Crippen LogP contribution in [0.2, 0.25) is 0 Å². The molecule has 1 atom stereocenters. The second kappa shape index (κ2) is 7.61. The van der Waals surface area contributed by atoms with Crippen LogP contribution in [0.1, 0.15) is 47.4 Å². The summed E-state index contributed by atoms with van der Waals surface area (Å²) in [6.07, 6.45) is 8.91. The number of benzene rings is 1. The Kier molecular flexibility index (Phi) is 5.03. The fourth-order valence-electron chi connectivity index (χ4n) is 3.82. The van der Waals surface area contributed by atoms with E-state index in [4.69, 9.17) is 0 Å². The zero-order valence-corrected chi connectivity index (χ0v) is 16.6. The Balaban J connectivity index is 1.59. The van der Waals surface area contributed by atoms with Gasteiger partial charge in [-0.05, 0) is 68.9 Å². The molecule has 0 saturated carbocycles. The quantitative estimate of drug-likeness (QED) is 0.608. The smallest absolute Gasteiger partial charge is 0.319 e. The minimum absolute atomic E-state index is 0.0514. The first-order valence-electron chi connectivity index (χ1n) is 9.54. The highest BCUT2D eigenvalue weighted by Crippen LogP contribution is 2.40. The number of urea groups is 1. The first kappa shape index (κ1) is 17.9. The number of hydrogen-bond donors (Lipinski definition) is 2. The molecule has 2 amide bonds. The third kappa shape index (κ3) is 3.65. The minimum Gasteiger partial charge on any atom is -0.331 e. The average molecular weight is 380 g/mol. The Morgan fingerprint density at radius 1 is 1.11 bits per heavy atom. The molecule has 4 nitrogen and oxygen atoms in total. The van der Waals surface area contributed by atoms with E-state index in [1.165, 1.54) is 33.8 Å². The van der Waals surface area contributed by atoms with Gasteiger partial charge in [0.25, 0.3) is 0 Å². The van der Waals surface area contributed by atoms with E-state index in [1.807, 2.05) is 54.7 Å². The number of nitrogens with zero attached hydrogens (tertiary/aromatic N) is 1. The molecule has 4 rings (SSSR count). The highest BCUT2D eigenvalue weighted by Gasteiger charge is 2.26. The number of carbonyl (C=O) groups excluding carboxylic acids is 1. The number of rotatable bonds is 4. The van der Waals surface area contributed by atoms with Crippen molar-refractivity contribution in [1.82, 2.24) is 9.88 Å². The van der Waals surface area contributed by atoms with Crippen molar-refractivity contribution in [3.05, 3.63) is 70.4 Å². The van der Waals surface area contributed by atoms with E-state index in [1.54, 1.807) is 0 Å². The van der Waals surface area contributed by atoms with E-state index < -0.39 is 0 Å². The number of aromatic nitrogens is 1. The van der Waals surface area contributed by atoms with Crippen LogP contribution >= 0.6 is 11.3 Å². The zero-order chi connectivity index (χ0) is 18.8. The van der Waals surface area contributed by atoms with Gasteiger partial charge in [0.1, 0.15) is 5.00 Å². The average Bonchev–Trinajstić information content (AvgIpc) is 3.30. The maximum atomic E-state index is 12.6. The first-order valence-corrected chi connectivity index (χ1v) is 10.4. The van der Waals surface area contributed by atoms with Crippen LogP contribution in [0.15, 0.2) is 48.8 Å². The SMILES string of the molecule is Cc1ccccc1NC(=O)NC(C)c1c(-n2cccc2)sc2c1CCCC2. The summed E-state index contributed by atoms with van der Waals surface area (Å²) < 4.78 is 2.18.